The Bertz CT molecular complexity index is 1020. The fraction of sp³-hybridized carbons (Fsp3) is 0.261. The van der Waals surface area contributed by atoms with E-state index < -0.39 is 0 Å². The lowest BCUT2D eigenvalue weighted by Crippen LogP contribution is -2.26. The number of nitriles is 1. The Morgan fingerprint density at radius 3 is 2.52 bits per heavy atom. The first-order chi connectivity index (χ1) is 12.1. The summed E-state index contributed by atoms with van der Waals surface area (Å²) in [6, 6.07) is 17.5. The van der Waals surface area contributed by atoms with E-state index in [1.54, 1.807) is 6.07 Å². The monoisotopic (exact) mass is 324 g/mol. The zero-order chi connectivity index (χ0) is 17.6. The fourth-order valence-corrected chi connectivity index (χ4v) is 4.08. The van der Waals surface area contributed by atoms with E-state index in [0.717, 1.165) is 18.4 Å². The molecule has 0 spiro atoms. The third-order valence-corrected chi connectivity index (χ3v) is 5.39. The van der Waals surface area contributed by atoms with E-state index in [-0.39, 0.29) is 0 Å². The molecule has 3 aromatic rings. The first kappa shape index (κ1) is 15.6. The van der Waals surface area contributed by atoms with Crippen LogP contribution in [0.5, 0.6) is 0 Å². The lowest BCUT2D eigenvalue weighted by atomic mass is 9.75. The van der Waals surface area contributed by atoms with Crippen LogP contribution in [-0.2, 0) is 0 Å². The molecule has 0 aliphatic heterocycles. The average molecular weight is 324 g/mol. The molecule has 0 radical (unpaired) electrons. The van der Waals surface area contributed by atoms with Crippen molar-refractivity contribution in [1.29, 1.82) is 5.26 Å². The first-order valence-electron chi connectivity index (χ1n) is 8.69. The molecule has 4 rings (SSSR count). The van der Waals surface area contributed by atoms with Gasteiger partial charge in [-0.2, -0.15) is 5.26 Å². The second-order valence-corrected chi connectivity index (χ2v) is 7.14. The molecule has 1 fully saturated rings. The molecule has 0 atom stereocenters. The Kier molecular flexibility index (Phi) is 3.63. The van der Waals surface area contributed by atoms with Gasteiger partial charge in [0.1, 0.15) is 0 Å². The molecular formula is C23H20N2. The van der Waals surface area contributed by atoms with Gasteiger partial charge in [-0.3, -0.25) is 0 Å². The van der Waals surface area contributed by atoms with E-state index in [1.165, 1.54) is 27.7 Å². The molecule has 1 aliphatic rings. The van der Waals surface area contributed by atoms with Crippen LogP contribution >= 0.6 is 0 Å². The van der Waals surface area contributed by atoms with Gasteiger partial charge < -0.3 is 4.57 Å². The Labute approximate surface area is 148 Å². The van der Waals surface area contributed by atoms with Gasteiger partial charge in [-0.1, -0.05) is 17.6 Å². The van der Waals surface area contributed by atoms with Gasteiger partial charge in [0.25, 0.3) is 0 Å². The maximum Gasteiger partial charge on any atom is 0.0992 e. The highest BCUT2D eigenvalue weighted by molar-refractivity contribution is 5.82. The second-order valence-electron chi connectivity index (χ2n) is 7.14. The predicted octanol–water partition coefficient (Wildman–Crippen LogP) is 5.23. The molecule has 0 unspecified atom stereocenters. The van der Waals surface area contributed by atoms with E-state index in [1.807, 2.05) is 6.07 Å². The predicted molar refractivity (Wildman–Crippen MR) is 102 cm³/mol. The molecule has 0 saturated heterocycles. The largest absolute Gasteiger partial charge is 0.342 e. The first-order valence-corrected chi connectivity index (χ1v) is 8.69. The van der Waals surface area contributed by atoms with Crippen molar-refractivity contribution in [1.82, 2.24) is 4.57 Å². The van der Waals surface area contributed by atoms with E-state index >= 15 is 0 Å². The lowest BCUT2D eigenvalue weighted by Gasteiger charge is -2.38. The number of aromatic nitrogens is 1. The van der Waals surface area contributed by atoms with E-state index in [4.69, 9.17) is 6.42 Å². The molecular weight excluding hydrogens is 304 g/mol. The maximum absolute atomic E-state index is 9.21. The smallest absolute Gasteiger partial charge is 0.0992 e. The minimum atomic E-state index is 0.479. The van der Waals surface area contributed by atoms with E-state index in [2.05, 4.69) is 60.7 Å². The summed E-state index contributed by atoms with van der Waals surface area (Å²) in [4.78, 5) is 0. The summed E-state index contributed by atoms with van der Waals surface area (Å²) in [6.45, 7) is 4.33. The van der Waals surface area contributed by atoms with Crippen molar-refractivity contribution in [3.05, 3.63) is 70.4 Å². The summed E-state index contributed by atoms with van der Waals surface area (Å²) in [5.74, 6) is 3.15. The van der Waals surface area contributed by atoms with Crippen molar-refractivity contribution in [2.75, 3.05) is 0 Å². The van der Waals surface area contributed by atoms with Crippen LogP contribution in [0, 0.1) is 37.5 Å². The molecule has 1 aromatic heterocycles. The highest BCUT2D eigenvalue weighted by atomic mass is 15.0. The van der Waals surface area contributed by atoms with Crippen molar-refractivity contribution >= 4 is 10.9 Å². The summed E-state index contributed by atoms with van der Waals surface area (Å²) in [5.41, 5.74) is 6.60. The van der Waals surface area contributed by atoms with Crippen LogP contribution in [0.3, 0.4) is 0 Å². The van der Waals surface area contributed by atoms with Crippen LogP contribution in [0.25, 0.3) is 10.9 Å². The SMILES string of the molecule is C#Cc1cc(C#N)cc(C2CC(n3c(C)cc4cc(C)ccc43)C2)c1. The standard InChI is InChI=1S/C23H20N2/c1-4-17-9-18(14-24)11-19(10-17)20-12-22(13-20)25-16(3)8-21-7-15(2)5-6-23(21)25/h1,5-11,20,22H,12-13H2,2-3H3. The number of nitrogens with zero attached hydrogens (tertiary/aromatic N) is 2. The number of hydrogen-bond acceptors (Lipinski definition) is 1. The van der Waals surface area contributed by atoms with Crippen molar-refractivity contribution in [3.63, 3.8) is 0 Å². The molecule has 1 aliphatic carbocycles. The van der Waals surface area contributed by atoms with Crippen molar-refractivity contribution < 1.29 is 0 Å². The molecule has 2 nitrogen and oxygen atoms in total. The van der Waals surface area contributed by atoms with Gasteiger partial charge in [0.15, 0.2) is 0 Å². The van der Waals surface area contributed by atoms with Crippen LogP contribution < -0.4 is 0 Å². The zero-order valence-corrected chi connectivity index (χ0v) is 14.6. The maximum atomic E-state index is 9.21. The van der Waals surface area contributed by atoms with Crippen LogP contribution in [0.1, 0.15) is 52.7 Å². The van der Waals surface area contributed by atoms with Gasteiger partial charge in [0.2, 0.25) is 0 Å². The lowest BCUT2D eigenvalue weighted by molar-refractivity contribution is 0.268. The number of benzene rings is 2. The zero-order valence-electron chi connectivity index (χ0n) is 14.6. The van der Waals surface area contributed by atoms with E-state index in [0.29, 0.717) is 17.5 Å². The molecule has 122 valence electrons. The Morgan fingerprint density at radius 2 is 1.80 bits per heavy atom. The van der Waals surface area contributed by atoms with E-state index in [9.17, 15) is 5.26 Å². The Morgan fingerprint density at radius 1 is 1.04 bits per heavy atom. The molecule has 1 saturated carbocycles. The van der Waals surface area contributed by atoms with Crippen molar-refractivity contribution in [3.8, 4) is 18.4 Å². The third kappa shape index (κ3) is 2.61. The summed E-state index contributed by atoms with van der Waals surface area (Å²) in [7, 11) is 0. The molecule has 0 bridgehead atoms. The average Bonchev–Trinajstić information content (AvgIpc) is 2.88. The summed E-state index contributed by atoms with van der Waals surface area (Å²) < 4.78 is 2.47. The number of terminal acetylenes is 1. The molecule has 25 heavy (non-hydrogen) atoms. The number of fused-ring (bicyclic) bond motifs is 1. The topological polar surface area (TPSA) is 28.7 Å². The fourth-order valence-electron chi connectivity index (χ4n) is 4.08. The van der Waals surface area contributed by atoms with Crippen molar-refractivity contribution in [2.45, 2.75) is 38.6 Å². The molecule has 1 heterocycles. The van der Waals surface area contributed by atoms with Gasteiger partial charge in [-0.15, -0.1) is 6.42 Å². The van der Waals surface area contributed by atoms with Gasteiger partial charge in [0.05, 0.1) is 11.6 Å². The minimum absolute atomic E-state index is 0.479. The van der Waals surface area contributed by atoms with Gasteiger partial charge >= 0.3 is 0 Å². The second kappa shape index (κ2) is 5.83. The molecule has 0 N–H and O–H groups in total. The van der Waals surface area contributed by atoms with Gasteiger partial charge in [-0.25, -0.2) is 0 Å². The Hall–Kier alpha value is -2.97. The highest BCUT2D eigenvalue weighted by Crippen LogP contribution is 2.47. The van der Waals surface area contributed by atoms with Crippen LogP contribution in [0.15, 0.2) is 42.5 Å². The van der Waals surface area contributed by atoms with Crippen LogP contribution in [0.4, 0.5) is 0 Å². The quantitative estimate of drug-likeness (QED) is 0.593. The molecule has 2 heteroatoms. The molecule has 0 amide bonds. The van der Waals surface area contributed by atoms with Crippen LogP contribution in [0.2, 0.25) is 0 Å². The number of hydrogen-bond donors (Lipinski definition) is 0. The van der Waals surface area contributed by atoms with Gasteiger partial charge in [-0.05, 0) is 74.6 Å². The summed E-state index contributed by atoms with van der Waals surface area (Å²) in [5, 5.41) is 10.5. The van der Waals surface area contributed by atoms with Crippen molar-refractivity contribution in [2.24, 2.45) is 0 Å². The highest BCUT2D eigenvalue weighted by Gasteiger charge is 2.33. The van der Waals surface area contributed by atoms with Crippen LogP contribution in [-0.4, -0.2) is 4.57 Å². The number of aryl methyl sites for hydroxylation is 2. The third-order valence-electron chi connectivity index (χ3n) is 5.39. The summed E-state index contributed by atoms with van der Waals surface area (Å²) in [6.07, 6.45) is 7.73. The Balaban J connectivity index is 1.62. The van der Waals surface area contributed by atoms with Gasteiger partial charge in [0, 0.05) is 28.2 Å². The summed E-state index contributed by atoms with van der Waals surface area (Å²) >= 11 is 0. The number of rotatable bonds is 2. The minimum Gasteiger partial charge on any atom is -0.342 e. The normalized spacial score (nSPS) is 19.2. The molecule has 2 aromatic carbocycles.